The summed E-state index contributed by atoms with van der Waals surface area (Å²) in [6.45, 7) is 3.96. The summed E-state index contributed by atoms with van der Waals surface area (Å²) in [6.07, 6.45) is 0.867. The van der Waals surface area contributed by atoms with E-state index in [1.165, 1.54) is 11.1 Å². The van der Waals surface area contributed by atoms with Crippen LogP contribution in [-0.2, 0) is 6.61 Å². The molecule has 0 saturated carbocycles. The van der Waals surface area contributed by atoms with Gasteiger partial charge in [-0.15, -0.1) is 0 Å². The summed E-state index contributed by atoms with van der Waals surface area (Å²) in [7, 11) is 0. The molecule has 0 spiro atoms. The van der Waals surface area contributed by atoms with E-state index in [4.69, 9.17) is 15.2 Å². The average Bonchev–Trinajstić information content (AvgIpc) is 2.47. The van der Waals surface area contributed by atoms with Crippen LogP contribution in [0.2, 0.25) is 0 Å². The van der Waals surface area contributed by atoms with Gasteiger partial charge in [-0.2, -0.15) is 0 Å². The highest BCUT2D eigenvalue weighted by Gasteiger charge is 1.98. The van der Waals surface area contributed by atoms with Crippen LogP contribution in [0.4, 0.5) is 0 Å². The van der Waals surface area contributed by atoms with E-state index in [2.05, 4.69) is 25.1 Å². The third-order valence-corrected chi connectivity index (χ3v) is 2.93. The van der Waals surface area contributed by atoms with Gasteiger partial charge in [0, 0.05) is 0 Å². The first kappa shape index (κ1) is 14.4. The zero-order valence-corrected chi connectivity index (χ0v) is 11.8. The first-order valence-electron chi connectivity index (χ1n) is 6.89. The molecule has 2 N–H and O–H groups in total. The molecular weight excluding hydrogens is 250 g/mol. The lowest BCUT2D eigenvalue weighted by Gasteiger charge is -2.09. The minimum atomic E-state index is 0.578. The fourth-order valence-corrected chi connectivity index (χ4v) is 1.87. The molecule has 0 saturated heterocycles. The molecule has 3 heteroatoms. The van der Waals surface area contributed by atoms with Crippen molar-refractivity contribution < 1.29 is 9.47 Å². The zero-order valence-electron chi connectivity index (χ0n) is 11.8. The van der Waals surface area contributed by atoms with Gasteiger partial charge in [0.25, 0.3) is 0 Å². The Kier molecular flexibility index (Phi) is 5.44. The van der Waals surface area contributed by atoms with Gasteiger partial charge in [0.15, 0.2) is 0 Å². The van der Waals surface area contributed by atoms with Gasteiger partial charge in [0.2, 0.25) is 0 Å². The Hall–Kier alpha value is -2.00. The molecule has 0 aliphatic carbocycles. The van der Waals surface area contributed by atoms with E-state index in [0.29, 0.717) is 19.8 Å². The lowest BCUT2D eigenvalue weighted by molar-refractivity contribution is 0.300. The Bertz CT molecular complexity index is 523. The van der Waals surface area contributed by atoms with Crippen molar-refractivity contribution >= 4 is 0 Å². The number of rotatable bonds is 7. The van der Waals surface area contributed by atoms with Crippen molar-refractivity contribution in [1.29, 1.82) is 0 Å². The predicted octanol–water partition coefficient (Wildman–Crippen LogP) is 3.30. The maximum absolute atomic E-state index is 5.75. The Morgan fingerprint density at radius 1 is 0.950 bits per heavy atom. The number of hydrogen-bond acceptors (Lipinski definition) is 3. The van der Waals surface area contributed by atoms with E-state index in [-0.39, 0.29) is 0 Å². The highest BCUT2D eigenvalue weighted by atomic mass is 16.5. The van der Waals surface area contributed by atoms with Gasteiger partial charge in [0.05, 0.1) is 6.61 Å². The molecule has 0 amide bonds. The molecule has 0 atom stereocenters. The molecule has 2 aromatic carbocycles. The summed E-state index contributed by atoms with van der Waals surface area (Å²) in [5.41, 5.74) is 7.84. The summed E-state index contributed by atoms with van der Waals surface area (Å²) in [4.78, 5) is 0. The standard InChI is InChI=1S/C17H21NO2/c1-14-4-2-5-15(12-14)13-20-17-8-6-16(7-9-17)19-11-3-10-18/h2,4-9,12H,3,10-11,13,18H2,1H3. The van der Waals surface area contributed by atoms with Crippen LogP contribution in [0.5, 0.6) is 11.5 Å². The minimum Gasteiger partial charge on any atom is -0.494 e. The molecule has 0 aliphatic heterocycles. The molecule has 0 bridgehead atoms. The number of aryl methyl sites for hydroxylation is 1. The third kappa shape index (κ3) is 4.59. The fraction of sp³-hybridized carbons (Fsp3) is 0.294. The second-order valence-electron chi connectivity index (χ2n) is 4.74. The molecule has 20 heavy (non-hydrogen) atoms. The van der Waals surface area contributed by atoms with Gasteiger partial charge < -0.3 is 15.2 Å². The largest absolute Gasteiger partial charge is 0.494 e. The van der Waals surface area contributed by atoms with Crippen LogP contribution < -0.4 is 15.2 Å². The number of hydrogen-bond donors (Lipinski definition) is 1. The maximum atomic E-state index is 5.75. The van der Waals surface area contributed by atoms with Gasteiger partial charge in [0.1, 0.15) is 18.1 Å². The first-order valence-corrected chi connectivity index (χ1v) is 6.89. The van der Waals surface area contributed by atoms with Crippen LogP contribution in [-0.4, -0.2) is 13.2 Å². The summed E-state index contributed by atoms with van der Waals surface area (Å²) < 4.78 is 11.3. The summed E-state index contributed by atoms with van der Waals surface area (Å²) in [5, 5.41) is 0. The van der Waals surface area contributed by atoms with Crippen LogP contribution in [0, 0.1) is 6.92 Å². The zero-order chi connectivity index (χ0) is 14.2. The van der Waals surface area contributed by atoms with Crippen LogP contribution in [0.3, 0.4) is 0 Å². The molecule has 0 aromatic heterocycles. The molecule has 106 valence electrons. The van der Waals surface area contributed by atoms with Gasteiger partial charge in [-0.3, -0.25) is 0 Å². The van der Waals surface area contributed by atoms with Crippen molar-refractivity contribution in [3.8, 4) is 11.5 Å². The second-order valence-corrected chi connectivity index (χ2v) is 4.74. The van der Waals surface area contributed by atoms with Crippen molar-refractivity contribution in [2.24, 2.45) is 5.73 Å². The van der Waals surface area contributed by atoms with E-state index in [1.54, 1.807) is 0 Å². The topological polar surface area (TPSA) is 44.5 Å². The van der Waals surface area contributed by atoms with E-state index in [0.717, 1.165) is 17.9 Å². The maximum Gasteiger partial charge on any atom is 0.120 e. The summed E-state index contributed by atoms with van der Waals surface area (Å²) >= 11 is 0. The average molecular weight is 271 g/mol. The van der Waals surface area contributed by atoms with Gasteiger partial charge >= 0.3 is 0 Å². The van der Waals surface area contributed by atoms with Gasteiger partial charge in [-0.1, -0.05) is 29.8 Å². The van der Waals surface area contributed by atoms with Gasteiger partial charge in [-0.25, -0.2) is 0 Å². The molecule has 3 nitrogen and oxygen atoms in total. The highest BCUT2D eigenvalue weighted by Crippen LogP contribution is 2.19. The van der Waals surface area contributed by atoms with Crippen LogP contribution in [0.1, 0.15) is 17.5 Å². The Balaban J connectivity index is 1.84. The van der Waals surface area contributed by atoms with Crippen LogP contribution in [0.25, 0.3) is 0 Å². The third-order valence-electron chi connectivity index (χ3n) is 2.93. The Labute approximate surface area is 120 Å². The number of ether oxygens (including phenoxy) is 2. The normalized spacial score (nSPS) is 10.3. The second kappa shape index (κ2) is 7.56. The van der Waals surface area contributed by atoms with Gasteiger partial charge in [-0.05, 0) is 49.7 Å². The lowest BCUT2D eigenvalue weighted by atomic mass is 10.1. The molecular formula is C17H21NO2. The highest BCUT2D eigenvalue weighted by molar-refractivity contribution is 5.31. The van der Waals surface area contributed by atoms with E-state index >= 15 is 0 Å². The predicted molar refractivity (Wildman–Crippen MR) is 81.1 cm³/mol. The molecule has 0 aliphatic rings. The monoisotopic (exact) mass is 271 g/mol. The van der Waals surface area contributed by atoms with Crippen molar-refractivity contribution in [2.75, 3.05) is 13.2 Å². The quantitative estimate of drug-likeness (QED) is 0.786. The van der Waals surface area contributed by atoms with Crippen LogP contribution >= 0.6 is 0 Å². The van der Waals surface area contributed by atoms with E-state index in [9.17, 15) is 0 Å². The molecule has 0 radical (unpaired) electrons. The Morgan fingerprint density at radius 3 is 2.30 bits per heavy atom. The molecule has 2 rings (SSSR count). The van der Waals surface area contributed by atoms with Crippen molar-refractivity contribution in [1.82, 2.24) is 0 Å². The van der Waals surface area contributed by atoms with Crippen LogP contribution in [0.15, 0.2) is 48.5 Å². The van der Waals surface area contributed by atoms with E-state index < -0.39 is 0 Å². The lowest BCUT2D eigenvalue weighted by Crippen LogP contribution is -2.06. The number of nitrogens with two attached hydrogens (primary N) is 1. The van der Waals surface area contributed by atoms with Crippen molar-refractivity contribution in [2.45, 2.75) is 20.0 Å². The van der Waals surface area contributed by atoms with E-state index in [1.807, 2.05) is 30.3 Å². The first-order chi connectivity index (χ1) is 9.78. The minimum absolute atomic E-state index is 0.578. The SMILES string of the molecule is Cc1cccc(COc2ccc(OCCCN)cc2)c1. The summed E-state index contributed by atoms with van der Waals surface area (Å²) in [6, 6.07) is 16.0. The fourth-order valence-electron chi connectivity index (χ4n) is 1.87. The molecule has 2 aromatic rings. The molecule has 0 heterocycles. The van der Waals surface area contributed by atoms with Crippen molar-refractivity contribution in [3.05, 3.63) is 59.7 Å². The number of benzene rings is 2. The smallest absolute Gasteiger partial charge is 0.120 e. The van der Waals surface area contributed by atoms with Crippen molar-refractivity contribution in [3.63, 3.8) is 0 Å². The Morgan fingerprint density at radius 2 is 1.65 bits per heavy atom. The summed E-state index contributed by atoms with van der Waals surface area (Å²) in [5.74, 6) is 1.69. The molecule has 0 fully saturated rings. The molecule has 0 unspecified atom stereocenters.